The molecule has 86 valence electrons. The van der Waals surface area contributed by atoms with Crippen molar-refractivity contribution >= 4 is 45.0 Å². The molecule has 1 rings (SSSR count). The number of benzene rings is 1. The molecule has 0 fully saturated rings. The molecule has 4 nitrogen and oxygen atoms in total. The van der Waals surface area contributed by atoms with Gasteiger partial charge in [-0.1, -0.05) is 0 Å². The van der Waals surface area contributed by atoms with Gasteiger partial charge < -0.3 is 10.8 Å². The SMILES string of the molecule is Cc1cc(Br)c(C(=O)O)cc1N=C(N)CCl. The van der Waals surface area contributed by atoms with E-state index in [0.717, 1.165) is 5.56 Å². The quantitative estimate of drug-likeness (QED) is 0.512. The molecule has 16 heavy (non-hydrogen) atoms. The average molecular weight is 306 g/mol. The van der Waals surface area contributed by atoms with Crippen LogP contribution in [-0.2, 0) is 0 Å². The first-order chi connectivity index (χ1) is 7.45. The van der Waals surface area contributed by atoms with Crippen molar-refractivity contribution in [1.29, 1.82) is 0 Å². The first-order valence-electron chi connectivity index (χ1n) is 4.38. The average Bonchev–Trinajstić information content (AvgIpc) is 2.21. The normalized spacial score (nSPS) is 11.6. The molecule has 6 heteroatoms. The molecule has 0 unspecified atom stereocenters. The van der Waals surface area contributed by atoms with Crippen molar-refractivity contribution in [3.05, 3.63) is 27.7 Å². The molecule has 0 atom stereocenters. The maximum atomic E-state index is 10.9. The summed E-state index contributed by atoms with van der Waals surface area (Å²) in [7, 11) is 0. The molecule has 0 heterocycles. The van der Waals surface area contributed by atoms with Crippen molar-refractivity contribution in [3.63, 3.8) is 0 Å². The number of aryl methyl sites for hydroxylation is 1. The minimum atomic E-state index is -1.02. The predicted molar refractivity (Wildman–Crippen MR) is 67.8 cm³/mol. The summed E-state index contributed by atoms with van der Waals surface area (Å²) in [5.41, 5.74) is 6.98. The van der Waals surface area contributed by atoms with Crippen LogP contribution in [0.2, 0.25) is 0 Å². The number of halogens is 2. The summed E-state index contributed by atoms with van der Waals surface area (Å²) in [6.45, 7) is 1.82. The Hall–Kier alpha value is -1.07. The summed E-state index contributed by atoms with van der Waals surface area (Å²) in [5, 5.41) is 8.94. The highest BCUT2D eigenvalue weighted by molar-refractivity contribution is 9.10. The van der Waals surface area contributed by atoms with E-state index in [2.05, 4.69) is 20.9 Å². The Kier molecular flexibility index (Phi) is 4.32. The second-order valence-electron chi connectivity index (χ2n) is 3.16. The molecule has 0 aliphatic carbocycles. The Morgan fingerprint density at radius 1 is 1.62 bits per heavy atom. The molecule has 0 saturated heterocycles. The molecule has 1 aromatic carbocycles. The number of aromatic carboxylic acids is 1. The number of hydrogen-bond donors (Lipinski definition) is 2. The van der Waals surface area contributed by atoms with Crippen molar-refractivity contribution in [2.24, 2.45) is 10.7 Å². The monoisotopic (exact) mass is 304 g/mol. The van der Waals surface area contributed by atoms with E-state index in [-0.39, 0.29) is 17.3 Å². The summed E-state index contributed by atoms with van der Waals surface area (Å²) in [4.78, 5) is 14.9. The molecule has 0 saturated carbocycles. The number of carboxylic acid groups (broad SMARTS) is 1. The smallest absolute Gasteiger partial charge is 0.336 e. The second-order valence-corrected chi connectivity index (χ2v) is 4.28. The van der Waals surface area contributed by atoms with Crippen LogP contribution in [0.1, 0.15) is 15.9 Å². The number of nitrogens with zero attached hydrogens (tertiary/aromatic N) is 1. The van der Waals surface area contributed by atoms with Gasteiger partial charge in [0.1, 0.15) is 5.84 Å². The van der Waals surface area contributed by atoms with Crippen molar-refractivity contribution in [1.82, 2.24) is 0 Å². The van der Waals surface area contributed by atoms with Crippen molar-refractivity contribution < 1.29 is 9.90 Å². The third-order valence-electron chi connectivity index (χ3n) is 1.92. The van der Waals surface area contributed by atoms with Crippen LogP contribution < -0.4 is 5.73 Å². The summed E-state index contributed by atoms with van der Waals surface area (Å²) < 4.78 is 0.515. The molecular formula is C10H10BrClN2O2. The number of alkyl halides is 1. The summed E-state index contributed by atoms with van der Waals surface area (Å²) in [6.07, 6.45) is 0. The topological polar surface area (TPSA) is 75.7 Å². The Morgan fingerprint density at radius 3 is 2.75 bits per heavy atom. The number of carboxylic acids is 1. The molecule has 0 aliphatic rings. The zero-order valence-electron chi connectivity index (χ0n) is 8.50. The van der Waals surface area contributed by atoms with E-state index < -0.39 is 5.97 Å². The Morgan fingerprint density at radius 2 is 2.25 bits per heavy atom. The fraction of sp³-hybridized carbons (Fsp3) is 0.200. The lowest BCUT2D eigenvalue weighted by Gasteiger charge is -2.05. The third kappa shape index (κ3) is 2.96. The van der Waals surface area contributed by atoms with Crippen LogP contribution in [0, 0.1) is 6.92 Å². The van der Waals surface area contributed by atoms with Gasteiger partial charge in [-0.3, -0.25) is 0 Å². The zero-order valence-corrected chi connectivity index (χ0v) is 10.8. The number of rotatable bonds is 3. The lowest BCUT2D eigenvalue weighted by molar-refractivity contribution is 0.0696. The maximum absolute atomic E-state index is 10.9. The predicted octanol–water partition coefficient (Wildman–Crippen LogP) is 2.68. The highest BCUT2D eigenvalue weighted by Crippen LogP contribution is 2.27. The lowest BCUT2D eigenvalue weighted by Crippen LogP contribution is -2.12. The number of aliphatic imine (C=N–C) groups is 1. The molecule has 0 aliphatic heterocycles. The number of carbonyl (C=O) groups is 1. The summed E-state index contributed by atoms with van der Waals surface area (Å²) in [5.74, 6) is -0.658. The number of hydrogen-bond acceptors (Lipinski definition) is 2. The zero-order chi connectivity index (χ0) is 12.3. The highest BCUT2D eigenvalue weighted by Gasteiger charge is 2.11. The molecule has 3 N–H and O–H groups in total. The molecule has 0 amide bonds. The van der Waals surface area contributed by atoms with E-state index in [1.807, 2.05) is 6.92 Å². The van der Waals surface area contributed by atoms with Gasteiger partial charge in [0.2, 0.25) is 0 Å². The standard InChI is InChI=1S/C10H10BrClN2O2/c1-5-2-7(11)6(10(15)16)3-8(5)14-9(13)4-12/h2-3H,4H2,1H3,(H2,13,14)(H,15,16). The van der Waals surface area contributed by atoms with Gasteiger partial charge in [0.25, 0.3) is 0 Å². The van der Waals surface area contributed by atoms with E-state index in [0.29, 0.717) is 10.2 Å². The van der Waals surface area contributed by atoms with Crippen LogP contribution >= 0.6 is 27.5 Å². The van der Waals surface area contributed by atoms with Crippen LogP contribution in [0.25, 0.3) is 0 Å². The Bertz CT molecular complexity index is 460. The van der Waals surface area contributed by atoms with Gasteiger partial charge in [-0.15, -0.1) is 11.6 Å². The first-order valence-corrected chi connectivity index (χ1v) is 5.71. The molecular weight excluding hydrogens is 295 g/mol. The largest absolute Gasteiger partial charge is 0.478 e. The van der Waals surface area contributed by atoms with Crippen molar-refractivity contribution in [2.45, 2.75) is 6.92 Å². The molecule has 0 spiro atoms. The fourth-order valence-corrected chi connectivity index (χ4v) is 1.82. The highest BCUT2D eigenvalue weighted by atomic mass is 79.9. The van der Waals surface area contributed by atoms with E-state index in [1.54, 1.807) is 6.07 Å². The lowest BCUT2D eigenvalue weighted by atomic mass is 10.1. The fourth-order valence-electron chi connectivity index (χ4n) is 1.13. The van der Waals surface area contributed by atoms with E-state index in [4.69, 9.17) is 22.4 Å². The molecule has 0 radical (unpaired) electrons. The third-order valence-corrected chi connectivity index (χ3v) is 2.85. The number of amidine groups is 1. The second kappa shape index (κ2) is 5.32. The van der Waals surface area contributed by atoms with E-state index in [9.17, 15) is 4.79 Å². The van der Waals surface area contributed by atoms with Gasteiger partial charge in [-0.25, -0.2) is 9.79 Å². The Balaban J connectivity index is 3.30. The number of nitrogens with two attached hydrogens (primary N) is 1. The van der Waals surface area contributed by atoms with Crippen molar-refractivity contribution in [3.8, 4) is 0 Å². The van der Waals surface area contributed by atoms with Crippen LogP contribution in [0.15, 0.2) is 21.6 Å². The van der Waals surface area contributed by atoms with Gasteiger partial charge in [-0.2, -0.15) is 0 Å². The van der Waals surface area contributed by atoms with Crippen LogP contribution in [0.4, 0.5) is 5.69 Å². The van der Waals surface area contributed by atoms with Crippen LogP contribution in [0.3, 0.4) is 0 Å². The minimum Gasteiger partial charge on any atom is -0.478 e. The summed E-state index contributed by atoms with van der Waals surface area (Å²) >= 11 is 8.68. The van der Waals surface area contributed by atoms with Crippen molar-refractivity contribution in [2.75, 3.05) is 5.88 Å². The van der Waals surface area contributed by atoms with Gasteiger partial charge >= 0.3 is 5.97 Å². The Labute approximate surface area is 106 Å². The van der Waals surface area contributed by atoms with E-state index in [1.165, 1.54) is 6.07 Å². The van der Waals surface area contributed by atoms with E-state index >= 15 is 0 Å². The summed E-state index contributed by atoms with van der Waals surface area (Å²) in [6, 6.07) is 3.14. The van der Waals surface area contributed by atoms with Gasteiger partial charge in [0.05, 0.1) is 17.1 Å². The van der Waals surface area contributed by atoms with Crippen LogP contribution in [-0.4, -0.2) is 22.8 Å². The first kappa shape index (κ1) is 13.0. The van der Waals surface area contributed by atoms with Gasteiger partial charge in [0, 0.05) is 4.47 Å². The van der Waals surface area contributed by atoms with Gasteiger partial charge in [-0.05, 0) is 40.5 Å². The van der Waals surface area contributed by atoms with Crippen LogP contribution in [0.5, 0.6) is 0 Å². The van der Waals surface area contributed by atoms with Gasteiger partial charge in [0.15, 0.2) is 0 Å². The molecule has 0 bridgehead atoms. The minimum absolute atomic E-state index is 0.109. The maximum Gasteiger partial charge on any atom is 0.336 e. The molecule has 0 aromatic heterocycles. The molecule has 1 aromatic rings.